The normalized spacial score (nSPS) is 11.9. The number of aromatic amines is 1. The Morgan fingerprint density at radius 1 is 1.07 bits per heavy atom. The van der Waals surface area contributed by atoms with Crippen LogP contribution in [0.3, 0.4) is 0 Å². The molecule has 0 bridgehead atoms. The van der Waals surface area contributed by atoms with Gasteiger partial charge in [0.1, 0.15) is 0 Å². The maximum atomic E-state index is 12.3. The molecular formula is C20H23N3O3S. The summed E-state index contributed by atoms with van der Waals surface area (Å²) < 4.78 is 25.3. The van der Waals surface area contributed by atoms with Crippen molar-refractivity contribution < 1.29 is 13.2 Å². The summed E-state index contributed by atoms with van der Waals surface area (Å²) in [5.74, 6) is -0.221. The van der Waals surface area contributed by atoms with Crippen molar-refractivity contribution in [2.75, 3.05) is 20.6 Å². The van der Waals surface area contributed by atoms with Crippen LogP contribution >= 0.6 is 0 Å². The number of nitrogens with zero attached hydrogens (tertiary/aromatic N) is 1. The Morgan fingerprint density at radius 2 is 1.74 bits per heavy atom. The van der Waals surface area contributed by atoms with Crippen LogP contribution in [0.2, 0.25) is 0 Å². The van der Waals surface area contributed by atoms with Gasteiger partial charge in [0.05, 0.1) is 4.90 Å². The van der Waals surface area contributed by atoms with Crippen LogP contribution in [0, 0.1) is 6.92 Å². The van der Waals surface area contributed by atoms with Crippen LogP contribution in [0.4, 0.5) is 0 Å². The maximum absolute atomic E-state index is 12.3. The molecule has 0 fully saturated rings. The van der Waals surface area contributed by atoms with Crippen LogP contribution < -0.4 is 5.32 Å². The molecule has 0 unspecified atom stereocenters. The quantitative estimate of drug-likeness (QED) is 0.684. The second-order valence-electron chi connectivity index (χ2n) is 6.59. The van der Waals surface area contributed by atoms with Gasteiger partial charge in [0.2, 0.25) is 10.0 Å². The van der Waals surface area contributed by atoms with Crippen LogP contribution in [0.1, 0.15) is 21.6 Å². The van der Waals surface area contributed by atoms with E-state index in [-0.39, 0.29) is 10.8 Å². The molecule has 1 amide bonds. The highest BCUT2D eigenvalue weighted by molar-refractivity contribution is 7.89. The molecule has 0 aliphatic carbocycles. The van der Waals surface area contributed by atoms with Crippen molar-refractivity contribution in [3.63, 3.8) is 0 Å². The lowest BCUT2D eigenvalue weighted by Gasteiger charge is -2.11. The highest BCUT2D eigenvalue weighted by Crippen LogP contribution is 2.22. The molecule has 27 heavy (non-hydrogen) atoms. The summed E-state index contributed by atoms with van der Waals surface area (Å²) in [6.07, 6.45) is 0.717. The Hall–Kier alpha value is -2.64. The van der Waals surface area contributed by atoms with Gasteiger partial charge in [0.25, 0.3) is 5.91 Å². The van der Waals surface area contributed by atoms with Gasteiger partial charge in [-0.2, -0.15) is 0 Å². The molecule has 3 rings (SSSR count). The molecule has 0 radical (unpaired) electrons. The number of amides is 1. The number of fused-ring (bicyclic) bond motifs is 1. The molecule has 0 saturated heterocycles. The second kappa shape index (κ2) is 7.54. The van der Waals surface area contributed by atoms with Crippen LogP contribution in [0.25, 0.3) is 10.9 Å². The number of rotatable bonds is 6. The maximum Gasteiger partial charge on any atom is 0.251 e. The van der Waals surface area contributed by atoms with Gasteiger partial charge in [-0.3, -0.25) is 4.79 Å². The molecule has 0 aliphatic heterocycles. The molecule has 2 aromatic carbocycles. The molecule has 6 nitrogen and oxygen atoms in total. The zero-order chi connectivity index (χ0) is 19.6. The van der Waals surface area contributed by atoms with E-state index in [2.05, 4.69) is 16.4 Å². The summed E-state index contributed by atoms with van der Waals surface area (Å²) in [5.41, 5.74) is 3.82. The average Bonchev–Trinajstić information content (AvgIpc) is 2.97. The fraction of sp³-hybridized carbons (Fsp3) is 0.250. The fourth-order valence-corrected chi connectivity index (χ4v) is 3.95. The van der Waals surface area contributed by atoms with Gasteiger partial charge >= 0.3 is 0 Å². The van der Waals surface area contributed by atoms with Crippen LogP contribution in [0.15, 0.2) is 53.4 Å². The summed E-state index contributed by atoms with van der Waals surface area (Å²) >= 11 is 0. The van der Waals surface area contributed by atoms with E-state index in [4.69, 9.17) is 0 Å². The summed E-state index contributed by atoms with van der Waals surface area (Å²) in [6.45, 7) is 2.53. The number of hydrogen-bond donors (Lipinski definition) is 2. The first-order valence-corrected chi connectivity index (χ1v) is 10.1. The number of sulfonamides is 1. The first kappa shape index (κ1) is 19.1. The third-order valence-electron chi connectivity index (χ3n) is 4.58. The zero-order valence-electron chi connectivity index (χ0n) is 15.6. The van der Waals surface area contributed by atoms with Gasteiger partial charge in [-0.1, -0.05) is 18.2 Å². The summed E-state index contributed by atoms with van der Waals surface area (Å²) in [7, 11) is -0.544. The molecule has 142 valence electrons. The predicted octanol–water partition coefficient (Wildman–Crippen LogP) is 2.70. The van der Waals surface area contributed by atoms with Crippen molar-refractivity contribution in [2.24, 2.45) is 0 Å². The second-order valence-corrected chi connectivity index (χ2v) is 8.74. The van der Waals surface area contributed by atoms with Crippen LogP contribution in [-0.4, -0.2) is 44.3 Å². The van der Waals surface area contributed by atoms with E-state index < -0.39 is 10.0 Å². The molecule has 0 aliphatic rings. The molecule has 0 saturated carbocycles. The summed E-state index contributed by atoms with van der Waals surface area (Å²) in [5, 5.41) is 4.07. The first-order chi connectivity index (χ1) is 12.8. The van der Waals surface area contributed by atoms with Crippen molar-refractivity contribution in [3.8, 4) is 0 Å². The van der Waals surface area contributed by atoms with Gasteiger partial charge in [-0.15, -0.1) is 0 Å². The van der Waals surface area contributed by atoms with Gasteiger partial charge in [-0.25, -0.2) is 12.7 Å². The number of para-hydroxylation sites is 1. The Labute approximate surface area is 159 Å². The number of nitrogens with one attached hydrogen (secondary N) is 2. The topological polar surface area (TPSA) is 82.3 Å². The third-order valence-corrected chi connectivity index (χ3v) is 6.41. The van der Waals surface area contributed by atoms with Crippen LogP contribution in [0.5, 0.6) is 0 Å². The van der Waals surface area contributed by atoms with Gasteiger partial charge < -0.3 is 10.3 Å². The smallest absolute Gasteiger partial charge is 0.251 e. The van der Waals surface area contributed by atoms with Crippen molar-refractivity contribution in [2.45, 2.75) is 18.2 Å². The van der Waals surface area contributed by atoms with Gasteiger partial charge in [0.15, 0.2) is 0 Å². The fourth-order valence-electron chi connectivity index (χ4n) is 3.05. The minimum Gasteiger partial charge on any atom is -0.358 e. The predicted molar refractivity (Wildman–Crippen MR) is 106 cm³/mol. The number of benzene rings is 2. The Morgan fingerprint density at radius 3 is 2.41 bits per heavy atom. The monoisotopic (exact) mass is 385 g/mol. The number of H-pyrrole nitrogens is 1. The van der Waals surface area contributed by atoms with E-state index >= 15 is 0 Å². The Bertz CT molecular complexity index is 1070. The van der Waals surface area contributed by atoms with E-state index in [1.165, 1.54) is 49.3 Å². The highest BCUT2D eigenvalue weighted by atomic mass is 32.2. The first-order valence-electron chi connectivity index (χ1n) is 8.67. The SMILES string of the molecule is Cc1[nH]c2ccccc2c1CCNC(=O)c1ccc(S(=O)(=O)N(C)C)cc1. The molecule has 0 atom stereocenters. The summed E-state index contributed by atoms with van der Waals surface area (Å²) in [4.78, 5) is 15.9. The van der Waals surface area contributed by atoms with E-state index in [9.17, 15) is 13.2 Å². The molecule has 7 heteroatoms. The zero-order valence-corrected chi connectivity index (χ0v) is 16.4. The Balaban J connectivity index is 1.65. The number of carbonyl (C=O) groups is 1. The van der Waals surface area contributed by atoms with Crippen molar-refractivity contribution in [1.82, 2.24) is 14.6 Å². The Kier molecular flexibility index (Phi) is 5.34. The van der Waals surface area contributed by atoms with Crippen molar-refractivity contribution in [3.05, 3.63) is 65.4 Å². The van der Waals surface area contributed by atoms with E-state index in [1.807, 2.05) is 25.1 Å². The third kappa shape index (κ3) is 3.89. The standard InChI is InChI=1S/C20H23N3O3S/c1-14-17(18-6-4-5-7-19(18)22-14)12-13-21-20(24)15-8-10-16(11-9-15)27(25,26)23(2)3/h4-11,22H,12-13H2,1-3H3,(H,21,24). The minimum atomic E-state index is -3.49. The van der Waals surface area contributed by atoms with E-state index in [0.717, 1.165) is 15.5 Å². The van der Waals surface area contributed by atoms with Gasteiger partial charge in [-0.05, 0) is 49.2 Å². The number of aryl methyl sites for hydroxylation is 1. The lowest BCUT2D eigenvalue weighted by Crippen LogP contribution is -2.26. The molecule has 2 N–H and O–H groups in total. The highest BCUT2D eigenvalue weighted by Gasteiger charge is 2.17. The number of hydrogen-bond acceptors (Lipinski definition) is 3. The molecular weight excluding hydrogens is 362 g/mol. The lowest BCUT2D eigenvalue weighted by atomic mass is 10.1. The number of carbonyl (C=O) groups excluding carboxylic acids is 1. The lowest BCUT2D eigenvalue weighted by molar-refractivity contribution is 0.0954. The number of aromatic nitrogens is 1. The van der Waals surface area contributed by atoms with Crippen LogP contribution in [-0.2, 0) is 16.4 Å². The molecule has 1 heterocycles. The average molecular weight is 385 g/mol. The molecule has 0 spiro atoms. The van der Waals surface area contributed by atoms with Crippen molar-refractivity contribution in [1.29, 1.82) is 0 Å². The van der Waals surface area contributed by atoms with Crippen molar-refractivity contribution >= 4 is 26.8 Å². The van der Waals surface area contributed by atoms with Gasteiger partial charge in [0, 0.05) is 42.8 Å². The van der Waals surface area contributed by atoms with E-state index in [1.54, 1.807) is 0 Å². The summed E-state index contributed by atoms with van der Waals surface area (Å²) in [6, 6.07) is 14.1. The minimum absolute atomic E-state index is 0.165. The molecule has 3 aromatic rings. The largest absolute Gasteiger partial charge is 0.358 e. The van der Waals surface area contributed by atoms with E-state index in [0.29, 0.717) is 18.5 Å². The molecule has 1 aromatic heterocycles.